The van der Waals surface area contributed by atoms with Gasteiger partial charge in [-0.25, -0.2) is 0 Å². The Morgan fingerprint density at radius 2 is 1.76 bits per heavy atom. The Hall–Kier alpha value is -1.58. The van der Waals surface area contributed by atoms with Crippen LogP contribution in [-0.4, -0.2) is 66.1 Å². The number of nitrogens with zero attached hydrogens (tertiary/aromatic N) is 3. The average molecular weight is 578 g/mol. The summed E-state index contributed by atoms with van der Waals surface area (Å²) in [7, 11) is 0. The van der Waals surface area contributed by atoms with Crippen molar-refractivity contribution in [3.8, 4) is 0 Å². The molecule has 1 aromatic heterocycles. The molecule has 0 radical (unpaired) electrons. The molecule has 0 amide bonds. The summed E-state index contributed by atoms with van der Waals surface area (Å²) >= 11 is 0. The summed E-state index contributed by atoms with van der Waals surface area (Å²) < 4.78 is 5.50. The quantitative estimate of drug-likeness (QED) is 0.279. The van der Waals surface area contributed by atoms with Crippen molar-refractivity contribution in [2.24, 2.45) is 4.99 Å². The van der Waals surface area contributed by atoms with Crippen LogP contribution in [0, 0.1) is 0 Å². The second-order valence-corrected chi connectivity index (χ2v) is 10.1. The zero-order valence-electron chi connectivity index (χ0n) is 20.4. The lowest BCUT2D eigenvalue weighted by atomic mass is 10.0. The van der Waals surface area contributed by atoms with Gasteiger partial charge in [-0.15, -0.1) is 24.0 Å². The van der Waals surface area contributed by atoms with Gasteiger partial charge in [0.2, 0.25) is 0 Å². The second-order valence-electron chi connectivity index (χ2n) is 10.1. The molecule has 1 aromatic carbocycles. The van der Waals surface area contributed by atoms with Gasteiger partial charge in [0.25, 0.3) is 0 Å². The first-order valence-corrected chi connectivity index (χ1v) is 12.8. The number of aliphatic imine (C=N–C) groups is 1. The Balaban J connectivity index is 0.00000274. The summed E-state index contributed by atoms with van der Waals surface area (Å²) in [6.07, 6.45) is 8.84. The molecule has 2 saturated heterocycles. The number of rotatable bonds is 8. The molecule has 2 aliphatic heterocycles. The van der Waals surface area contributed by atoms with Gasteiger partial charge in [-0.3, -0.25) is 14.8 Å². The number of halogens is 1. The van der Waals surface area contributed by atoms with Crippen molar-refractivity contribution in [2.75, 3.05) is 26.2 Å². The van der Waals surface area contributed by atoms with Gasteiger partial charge in [0.05, 0.1) is 6.26 Å². The van der Waals surface area contributed by atoms with E-state index in [1.807, 2.05) is 12.1 Å². The molecule has 6 nitrogen and oxygen atoms in total. The van der Waals surface area contributed by atoms with E-state index in [1.165, 1.54) is 24.8 Å². The molecule has 2 aromatic rings. The Morgan fingerprint density at radius 1 is 1.00 bits per heavy atom. The number of benzene rings is 1. The van der Waals surface area contributed by atoms with Gasteiger partial charge in [0, 0.05) is 63.3 Å². The molecule has 186 valence electrons. The molecule has 1 saturated carbocycles. The molecule has 1 aliphatic carbocycles. The largest absolute Gasteiger partial charge is 0.469 e. The van der Waals surface area contributed by atoms with Gasteiger partial charge >= 0.3 is 0 Å². The van der Waals surface area contributed by atoms with E-state index in [0.29, 0.717) is 18.1 Å². The number of hydrogen-bond donors (Lipinski definition) is 2. The molecule has 0 spiro atoms. The van der Waals surface area contributed by atoms with Gasteiger partial charge < -0.3 is 15.1 Å². The summed E-state index contributed by atoms with van der Waals surface area (Å²) in [6, 6.07) is 17.2. The topological polar surface area (TPSA) is 56.0 Å². The van der Waals surface area contributed by atoms with Crippen molar-refractivity contribution in [1.82, 2.24) is 20.4 Å². The third-order valence-electron chi connectivity index (χ3n) is 7.37. The lowest BCUT2D eigenvalue weighted by Gasteiger charge is -2.33. The monoisotopic (exact) mass is 577 g/mol. The predicted octanol–water partition coefficient (Wildman–Crippen LogP) is 4.27. The van der Waals surface area contributed by atoms with Crippen molar-refractivity contribution < 1.29 is 4.42 Å². The smallest absolute Gasteiger partial charge is 0.191 e. The number of piperidine rings is 1. The minimum atomic E-state index is 0. The van der Waals surface area contributed by atoms with E-state index in [1.54, 1.807) is 6.26 Å². The molecular weight excluding hydrogens is 537 g/mol. The molecule has 34 heavy (non-hydrogen) atoms. The Morgan fingerprint density at radius 3 is 2.47 bits per heavy atom. The molecule has 2 unspecified atom stereocenters. The number of hydrogen-bond acceptors (Lipinski definition) is 4. The van der Waals surface area contributed by atoms with Crippen LogP contribution >= 0.6 is 24.0 Å². The van der Waals surface area contributed by atoms with Gasteiger partial charge in [0.1, 0.15) is 5.76 Å². The van der Waals surface area contributed by atoms with Crippen LogP contribution in [0.15, 0.2) is 58.1 Å². The van der Waals surface area contributed by atoms with Gasteiger partial charge in [0.15, 0.2) is 5.96 Å². The second kappa shape index (κ2) is 12.4. The summed E-state index contributed by atoms with van der Waals surface area (Å²) in [6.45, 7) is 7.56. The van der Waals surface area contributed by atoms with Gasteiger partial charge in [-0.05, 0) is 56.7 Å². The molecule has 2 N–H and O–H groups in total. The van der Waals surface area contributed by atoms with Crippen LogP contribution in [0.4, 0.5) is 0 Å². The first-order valence-electron chi connectivity index (χ1n) is 12.8. The summed E-state index contributed by atoms with van der Waals surface area (Å²) in [5.74, 6) is 1.99. The van der Waals surface area contributed by atoms with Crippen molar-refractivity contribution in [1.29, 1.82) is 0 Å². The van der Waals surface area contributed by atoms with Gasteiger partial charge in [-0.1, -0.05) is 30.3 Å². The molecule has 3 fully saturated rings. The first kappa shape index (κ1) is 25.5. The zero-order chi connectivity index (χ0) is 22.5. The lowest BCUT2D eigenvalue weighted by molar-refractivity contribution is 0.198. The molecule has 7 heteroatoms. The molecular formula is C27H40IN5O. The summed E-state index contributed by atoms with van der Waals surface area (Å²) in [5.41, 5.74) is 1.40. The minimum Gasteiger partial charge on any atom is -0.469 e. The fourth-order valence-corrected chi connectivity index (χ4v) is 5.41. The Labute approximate surface area is 221 Å². The molecule has 3 aliphatic rings. The SMILES string of the molecule is CC1CC(NC(=NCCc2ccco2)NC2CCN(Cc3ccccc3)CC2)CN1C1CC1.I. The molecule has 3 heterocycles. The van der Waals surface area contributed by atoms with E-state index in [9.17, 15) is 0 Å². The number of furan rings is 1. The number of nitrogens with one attached hydrogen (secondary N) is 2. The molecule has 5 rings (SSSR count). The van der Waals surface area contributed by atoms with Crippen LogP contribution in [0.25, 0.3) is 0 Å². The van der Waals surface area contributed by atoms with E-state index < -0.39 is 0 Å². The lowest BCUT2D eigenvalue weighted by Crippen LogP contribution is -2.51. The highest BCUT2D eigenvalue weighted by atomic mass is 127. The highest BCUT2D eigenvalue weighted by Crippen LogP contribution is 2.33. The third kappa shape index (κ3) is 7.21. The van der Waals surface area contributed by atoms with Crippen molar-refractivity contribution >= 4 is 29.9 Å². The third-order valence-corrected chi connectivity index (χ3v) is 7.37. The highest BCUT2D eigenvalue weighted by molar-refractivity contribution is 14.0. The maximum absolute atomic E-state index is 5.50. The van der Waals surface area contributed by atoms with Gasteiger partial charge in [-0.2, -0.15) is 0 Å². The fourth-order valence-electron chi connectivity index (χ4n) is 5.41. The highest BCUT2D eigenvalue weighted by Gasteiger charge is 2.39. The van der Waals surface area contributed by atoms with Crippen molar-refractivity contribution in [2.45, 2.75) is 76.2 Å². The maximum atomic E-state index is 5.50. The Kier molecular flexibility index (Phi) is 9.31. The van der Waals surface area contributed by atoms with E-state index >= 15 is 0 Å². The average Bonchev–Trinajstić information content (AvgIpc) is 3.41. The molecule has 0 bridgehead atoms. The summed E-state index contributed by atoms with van der Waals surface area (Å²) in [5, 5.41) is 7.58. The van der Waals surface area contributed by atoms with E-state index in [0.717, 1.165) is 69.7 Å². The van der Waals surface area contributed by atoms with E-state index in [4.69, 9.17) is 9.41 Å². The normalized spacial score (nSPS) is 24.7. The van der Waals surface area contributed by atoms with E-state index in [2.05, 4.69) is 57.7 Å². The first-order chi connectivity index (χ1) is 16.2. The van der Waals surface area contributed by atoms with Crippen LogP contribution in [0.1, 0.15) is 50.4 Å². The van der Waals surface area contributed by atoms with Crippen LogP contribution in [-0.2, 0) is 13.0 Å². The van der Waals surface area contributed by atoms with Crippen LogP contribution < -0.4 is 10.6 Å². The summed E-state index contributed by atoms with van der Waals surface area (Å²) in [4.78, 5) is 10.2. The molecule has 2 atom stereocenters. The van der Waals surface area contributed by atoms with Crippen molar-refractivity contribution in [3.63, 3.8) is 0 Å². The fraction of sp³-hybridized carbons (Fsp3) is 0.593. The standard InChI is InChI=1S/C27H39N5O.HI/c1-21-18-24(20-32(21)25-9-10-25)30-27(28-14-11-26-8-5-17-33-26)29-23-12-15-31(16-13-23)19-22-6-3-2-4-7-22;/h2-8,17,21,23-25H,9-16,18-20H2,1H3,(H2,28,29,30);1H. The number of likely N-dealkylation sites (tertiary alicyclic amines) is 2. The van der Waals surface area contributed by atoms with Crippen LogP contribution in [0.2, 0.25) is 0 Å². The maximum Gasteiger partial charge on any atom is 0.191 e. The van der Waals surface area contributed by atoms with Crippen LogP contribution in [0.5, 0.6) is 0 Å². The predicted molar refractivity (Wildman–Crippen MR) is 149 cm³/mol. The zero-order valence-corrected chi connectivity index (χ0v) is 22.7. The van der Waals surface area contributed by atoms with E-state index in [-0.39, 0.29) is 24.0 Å². The van der Waals surface area contributed by atoms with Crippen molar-refractivity contribution in [3.05, 3.63) is 60.1 Å². The number of guanidine groups is 1. The Bertz CT molecular complexity index is 878. The van der Waals surface area contributed by atoms with Crippen LogP contribution in [0.3, 0.4) is 0 Å². The minimum absolute atomic E-state index is 0.